The van der Waals surface area contributed by atoms with Gasteiger partial charge in [0.25, 0.3) is 0 Å². The van der Waals surface area contributed by atoms with E-state index >= 15 is 0 Å². The van der Waals surface area contributed by atoms with Crippen molar-refractivity contribution in [2.45, 2.75) is 37.8 Å². The average Bonchev–Trinajstić information content (AvgIpc) is 3.29. The number of ether oxygens (including phenoxy) is 1. The van der Waals surface area contributed by atoms with E-state index in [1.54, 1.807) is 25.3 Å². The van der Waals surface area contributed by atoms with E-state index in [2.05, 4.69) is 41.3 Å². The maximum absolute atomic E-state index is 13.3. The van der Waals surface area contributed by atoms with Crippen LogP contribution in [0.3, 0.4) is 0 Å². The van der Waals surface area contributed by atoms with Crippen LogP contribution in [0.4, 0.5) is 10.1 Å². The van der Waals surface area contributed by atoms with Gasteiger partial charge in [0, 0.05) is 23.7 Å². The van der Waals surface area contributed by atoms with Crippen LogP contribution in [0.2, 0.25) is 0 Å². The van der Waals surface area contributed by atoms with Gasteiger partial charge in [-0.15, -0.1) is 0 Å². The van der Waals surface area contributed by atoms with Crippen molar-refractivity contribution in [1.29, 1.82) is 0 Å². The summed E-state index contributed by atoms with van der Waals surface area (Å²) in [4.78, 5) is 2.99. The normalized spacial score (nSPS) is 17.8. The van der Waals surface area contributed by atoms with Gasteiger partial charge in [-0.3, -0.25) is 0 Å². The molecule has 0 bridgehead atoms. The van der Waals surface area contributed by atoms with E-state index in [-0.39, 0.29) is 23.5 Å². The summed E-state index contributed by atoms with van der Waals surface area (Å²) in [6.45, 7) is 0. The topological polar surface area (TPSA) is 52.9 Å². The molecule has 0 aromatic heterocycles. The first-order chi connectivity index (χ1) is 18.9. The molecule has 4 nitrogen and oxygen atoms in total. The molecule has 1 aliphatic rings. The smallest absolute Gasteiger partial charge is 0.124 e. The summed E-state index contributed by atoms with van der Waals surface area (Å²) >= 11 is 5.92. The molecule has 4 aromatic rings. The third-order valence-corrected chi connectivity index (χ3v) is 7.91. The Morgan fingerprint density at radius 1 is 0.949 bits per heavy atom. The minimum absolute atomic E-state index is 0.144. The van der Waals surface area contributed by atoms with Crippen molar-refractivity contribution in [3.8, 4) is 22.6 Å². The summed E-state index contributed by atoms with van der Waals surface area (Å²) in [6.07, 6.45) is 2.18. The van der Waals surface area contributed by atoms with E-state index in [1.165, 1.54) is 12.1 Å². The largest absolute Gasteiger partial charge is 0.507 e. The number of nitrogens with zero attached hydrogens (tertiary/aromatic N) is 1. The predicted octanol–water partition coefficient (Wildman–Crippen LogP) is 8.01. The number of hydrogen-bond acceptors (Lipinski definition) is 4. The van der Waals surface area contributed by atoms with Crippen LogP contribution in [0, 0.1) is 11.7 Å². The molecular formula is C33H32FNO3S. The van der Waals surface area contributed by atoms with Gasteiger partial charge in [-0.2, -0.15) is 0 Å². The lowest BCUT2D eigenvalue weighted by molar-refractivity contribution is 0.160. The number of hydrogen-bond donors (Lipinski definition) is 2. The van der Waals surface area contributed by atoms with Crippen molar-refractivity contribution in [2.24, 2.45) is 5.92 Å². The van der Waals surface area contributed by atoms with Crippen molar-refractivity contribution < 1.29 is 19.3 Å². The van der Waals surface area contributed by atoms with Crippen LogP contribution < -0.4 is 9.64 Å². The molecule has 5 rings (SSSR count). The average molecular weight is 542 g/mol. The van der Waals surface area contributed by atoms with Gasteiger partial charge in [0.1, 0.15) is 17.3 Å². The predicted molar refractivity (Wildman–Crippen MR) is 158 cm³/mol. The van der Waals surface area contributed by atoms with Gasteiger partial charge in [-0.05, 0) is 71.8 Å². The number of thiocarbonyl (C=S) groups is 1. The molecule has 4 aromatic carbocycles. The van der Waals surface area contributed by atoms with Gasteiger partial charge in [-0.1, -0.05) is 73.2 Å². The first-order valence-corrected chi connectivity index (χ1v) is 13.6. The molecule has 0 aliphatic carbocycles. The molecule has 0 saturated carbocycles. The highest BCUT2D eigenvalue weighted by molar-refractivity contribution is 7.80. The fraction of sp³-hybridized carbons (Fsp3) is 0.242. The molecule has 1 aliphatic heterocycles. The van der Waals surface area contributed by atoms with E-state index in [0.717, 1.165) is 40.2 Å². The zero-order chi connectivity index (χ0) is 27.4. The monoisotopic (exact) mass is 541 g/mol. The van der Waals surface area contributed by atoms with E-state index in [4.69, 9.17) is 17.0 Å². The fourth-order valence-electron chi connectivity index (χ4n) is 5.53. The van der Waals surface area contributed by atoms with Gasteiger partial charge in [-0.25, -0.2) is 4.39 Å². The highest BCUT2D eigenvalue weighted by Gasteiger charge is 2.40. The van der Waals surface area contributed by atoms with E-state index in [9.17, 15) is 14.6 Å². The third-order valence-electron chi connectivity index (χ3n) is 7.55. The molecule has 1 saturated heterocycles. The number of halogens is 1. The molecule has 2 N–H and O–H groups in total. The number of benzene rings is 4. The van der Waals surface area contributed by atoms with Crippen LogP contribution in [0.1, 0.15) is 49.0 Å². The summed E-state index contributed by atoms with van der Waals surface area (Å²) < 4.78 is 18.6. The van der Waals surface area contributed by atoms with E-state index < -0.39 is 6.10 Å². The summed E-state index contributed by atoms with van der Waals surface area (Å²) in [5.74, 6) is 0.594. The minimum Gasteiger partial charge on any atom is -0.507 e. The molecule has 3 atom stereocenters. The van der Waals surface area contributed by atoms with E-state index in [1.807, 2.05) is 30.3 Å². The van der Waals surface area contributed by atoms with Gasteiger partial charge in [0.2, 0.25) is 0 Å². The van der Waals surface area contributed by atoms with Crippen LogP contribution in [0.15, 0.2) is 97.1 Å². The Morgan fingerprint density at radius 3 is 2.31 bits per heavy atom. The lowest BCUT2D eigenvalue weighted by Gasteiger charge is -2.31. The lowest BCUT2D eigenvalue weighted by atomic mass is 9.87. The van der Waals surface area contributed by atoms with Crippen molar-refractivity contribution in [2.75, 3.05) is 12.0 Å². The van der Waals surface area contributed by atoms with Crippen molar-refractivity contribution in [1.82, 2.24) is 0 Å². The summed E-state index contributed by atoms with van der Waals surface area (Å²) in [6, 6.07) is 29.9. The Balaban J connectivity index is 1.39. The molecular weight excluding hydrogens is 509 g/mol. The highest BCUT2D eigenvalue weighted by Crippen LogP contribution is 2.47. The van der Waals surface area contributed by atoms with Crippen LogP contribution in [0.25, 0.3) is 11.1 Å². The number of phenols is 1. The fourth-order valence-corrected chi connectivity index (χ4v) is 5.96. The van der Waals surface area contributed by atoms with Crippen molar-refractivity contribution >= 4 is 22.9 Å². The molecule has 1 unspecified atom stereocenters. The second kappa shape index (κ2) is 12.0. The van der Waals surface area contributed by atoms with Crippen LogP contribution in [-0.4, -0.2) is 22.3 Å². The molecule has 39 heavy (non-hydrogen) atoms. The van der Waals surface area contributed by atoms with Gasteiger partial charge < -0.3 is 19.8 Å². The number of aromatic hydroxyl groups is 1. The Morgan fingerprint density at radius 2 is 1.64 bits per heavy atom. The highest BCUT2D eigenvalue weighted by atomic mass is 32.1. The Kier molecular flexibility index (Phi) is 8.24. The van der Waals surface area contributed by atoms with Gasteiger partial charge >= 0.3 is 0 Å². The van der Waals surface area contributed by atoms with Crippen molar-refractivity contribution in [3.63, 3.8) is 0 Å². The second-order valence-electron chi connectivity index (χ2n) is 10.0. The quantitative estimate of drug-likeness (QED) is 0.210. The minimum atomic E-state index is -0.659. The molecule has 0 radical (unpaired) electrons. The van der Waals surface area contributed by atoms with E-state index in [0.29, 0.717) is 24.2 Å². The SMILES string of the molecule is COc1ccc([C@@H]2[C@@H](CCCC(O)c3ccc(F)cc3)CC(=S)N2c2ccc(-c3ccccc3)cc2)c(O)c1. The summed E-state index contributed by atoms with van der Waals surface area (Å²) in [5.41, 5.74) is 4.76. The zero-order valence-electron chi connectivity index (χ0n) is 21.8. The maximum Gasteiger partial charge on any atom is 0.124 e. The molecule has 1 heterocycles. The Labute approximate surface area is 234 Å². The van der Waals surface area contributed by atoms with Crippen LogP contribution in [0.5, 0.6) is 11.5 Å². The molecule has 200 valence electrons. The third kappa shape index (κ3) is 5.97. The number of anilines is 1. The zero-order valence-corrected chi connectivity index (χ0v) is 22.7. The van der Waals surface area contributed by atoms with Gasteiger partial charge in [0.15, 0.2) is 0 Å². The molecule has 0 amide bonds. The summed E-state index contributed by atoms with van der Waals surface area (Å²) in [5, 5.41) is 21.7. The molecule has 1 fully saturated rings. The Hall–Kier alpha value is -3.74. The van der Waals surface area contributed by atoms with Gasteiger partial charge in [0.05, 0.1) is 24.2 Å². The Bertz CT molecular complexity index is 1410. The first-order valence-electron chi connectivity index (χ1n) is 13.2. The number of phenolic OH excluding ortho intramolecular Hbond substituents is 1. The number of methoxy groups -OCH3 is 1. The molecule has 0 spiro atoms. The second-order valence-corrected chi connectivity index (χ2v) is 10.5. The van der Waals surface area contributed by atoms with Crippen molar-refractivity contribution in [3.05, 3.63) is 114 Å². The first kappa shape index (κ1) is 26.9. The maximum atomic E-state index is 13.3. The molecule has 6 heteroatoms. The van der Waals surface area contributed by atoms with Crippen LogP contribution in [-0.2, 0) is 0 Å². The summed E-state index contributed by atoms with van der Waals surface area (Å²) in [7, 11) is 1.58. The number of rotatable bonds is 9. The lowest BCUT2D eigenvalue weighted by Crippen LogP contribution is -2.28. The standard InChI is InChI=1S/C33H32FNO3S/c1-38-28-18-19-29(31(37)21-28)33-25(8-5-9-30(36)24-10-14-26(34)15-11-24)20-32(39)35(33)27-16-12-23(13-17-27)22-6-3-2-4-7-22/h2-4,6-7,10-19,21,25,30,33,36-37H,5,8-9,20H2,1H3/t25-,30?,33-/m0/s1. The number of aliphatic hydroxyl groups is 1. The van der Waals surface area contributed by atoms with Crippen LogP contribution >= 0.6 is 12.2 Å². The number of aliphatic hydroxyl groups excluding tert-OH is 1.